The van der Waals surface area contributed by atoms with Gasteiger partial charge in [-0.3, -0.25) is 9.10 Å². The Kier molecular flexibility index (Phi) is 7.27. The predicted octanol–water partition coefficient (Wildman–Crippen LogP) is 5.81. The average Bonchev–Trinajstić information content (AvgIpc) is 2.78. The summed E-state index contributed by atoms with van der Waals surface area (Å²) in [6.07, 6.45) is 3.98. The molecule has 0 bridgehead atoms. The standard InChI is InChI=1S/C23H27ClFNO4S/c1-15(7-3-6-10-23(27)28)11-12-16-17-8-4-5-9-21(17)26(2)31(29,30)22-14-19(24)20(25)13-18(16)22/h4-5,8-9,13-16H,3,6-7,10-12H2,1-2H3,(H,27,28)/t15-,16?/m0/s1. The third-order valence-corrected chi connectivity index (χ3v) is 8.12. The van der Waals surface area contributed by atoms with Crippen LogP contribution in [0.15, 0.2) is 41.3 Å². The molecule has 1 aliphatic rings. The number of hydrogen-bond acceptors (Lipinski definition) is 3. The zero-order chi connectivity index (χ0) is 22.8. The Morgan fingerprint density at radius 1 is 1.19 bits per heavy atom. The van der Waals surface area contributed by atoms with Crippen LogP contribution in [0.25, 0.3) is 0 Å². The van der Waals surface area contributed by atoms with Crippen molar-refractivity contribution in [3.05, 3.63) is 58.4 Å². The molecule has 0 saturated heterocycles. The molecule has 0 aromatic heterocycles. The predicted molar refractivity (Wildman–Crippen MR) is 120 cm³/mol. The zero-order valence-corrected chi connectivity index (χ0v) is 19.2. The van der Waals surface area contributed by atoms with Crippen LogP contribution < -0.4 is 4.31 Å². The number of unbranched alkanes of at least 4 members (excludes halogenated alkanes) is 1. The fourth-order valence-electron chi connectivity index (χ4n) is 4.23. The Morgan fingerprint density at radius 3 is 2.61 bits per heavy atom. The van der Waals surface area contributed by atoms with Crippen LogP contribution in [0.2, 0.25) is 5.02 Å². The molecule has 2 aromatic carbocycles. The smallest absolute Gasteiger partial charge is 0.303 e. The van der Waals surface area contributed by atoms with Crippen LogP contribution in [-0.4, -0.2) is 26.5 Å². The molecule has 31 heavy (non-hydrogen) atoms. The quantitative estimate of drug-likeness (QED) is 0.497. The average molecular weight is 468 g/mol. The van der Waals surface area contributed by atoms with Gasteiger partial charge in [-0.2, -0.15) is 0 Å². The number of para-hydroxylation sites is 1. The highest BCUT2D eigenvalue weighted by Gasteiger charge is 2.35. The summed E-state index contributed by atoms with van der Waals surface area (Å²) < 4.78 is 42.2. The molecule has 8 heteroatoms. The summed E-state index contributed by atoms with van der Waals surface area (Å²) in [6, 6.07) is 9.78. The first-order valence-corrected chi connectivity index (χ1v) is 12.2. The monoisotopic (exact) mass is 467 g/mol. The van der Waals surface area contributed by atoms with Gasteiger partial charge in [-0.05, 0) is 54.5 Å². The maximum absolute atomic E-state index is 14.4. The van der Waals surface area contributed by atoms with Crippen molar-refractivity contribution in [2.45, 2.75) is 56.3 Å². The summed E-state index contributed by atoms with van der Waals surface area (Å²) >= 11 is 5.95. The second-order valence-electron chi connectivity index (χ2n) is 8.21. The molecule has 1 aliphatic heterocycles. The number of fused-ring (bicyclic) bond motifs is 2. The van der Waals surface area contributed by atoms with E-state index in [1.165, 1.54) is 23.5 Å². The number of sulfonamides is 1. The highest BCUT2D eigenvalue weighted by atomic mass is 35.5. The van der Waals surface area contributed by atoms with Crippen molar-refractivity contribution in [3.8, 4) is 0 Å². The molecule has 0 radical (unpaired) electrons. The van der Waals surface area contributed by atoms with E-state index in [1.807, 2.05) is 12.1 Å². The normalized spacial score (nSPS) is 18.1. The van der Waals surface area contributed by atoms with Gasteiger partial charge in [-0.15, -0.1) is 0 Å². The topological polar surface area (TPSA) is 74.7 Å². The second-order valence-corrected chi connectivity index (χ2v) is 10.6. The first-order valence-electron chi connectivity index (χ1n) is 10.4. The minimum atomic E-state index is -3.88. The Bertz CT molecular complexity index is 1070. The molecule has 2 atom stereocenters. The van der Waals surface area contributed by atoms with Gasteiger partial charge in [-0.25, -0.2) is 12.8 Å². The molecular weight excluding hydrogens is 441 g/mol. The minimum absolute atomic E-state index is 0.0386. The lowest BCUT2D eigenvalue weighted by Gasteiger charge is -2.22. The van der Waals surface area contributed by atoms with E-state index >= 15 is 0 Å². The van der Waals surface area contributed by atoms with Gasteiger partial charge < -0.3 is 5.11 Å². The number of aliphatic carboxylic acids is 1. The number of halogens is 2. The Labute approximate surface area is 187 Å². The Morgan fingerprint density at radius 2 is 1.90 bits per heavy atom. The van der Waals surface area contributed by atoms with Crippen molar-refractivity contribution in [2.75, 3.05) is 11.4 Å². The summed E-state index contributed by atoms with van der Waals surface area (Å²) in [5, 5.41) is 8.56. The van der Waals surface area contributed by atoms with Crippen LogP contribution in [0.1, 0.15) is 62.5 Å². The van der Waals surface area contributed by atoms with Crippen molar-refractivity contribution in [2.24, 2.45) is 5.92 Å². The van der Waals surface area contributed by atoms with Gasteiger partial charge in [0.15, 0.2) is 0 Å². The van der Waals surface area contributed by atoms with E-state index in [0.29, 0.717) is 30.0 Å². The van der Waals surface area contributed by atoms with Crippen LogP contribution in [0, 0.1) is 11.7 Å². The number of rotatable bonds is 8. The molecule has 3 rings (SSSR count). The highest BCUT2D eigenvalue weighted by Crippen LogP contribution is 2.45. The number of carboxylic acid groups (broad SMARTS) is 1. The van der Waals surface area contributed by atoms with E-state index in [-0.39, 0.29) is 22.3 Å². The summed E-state index contributed by atoms with van der Waals surface area (Å²) in [6.45, 7) is 2.11. The van der Waals surface area contributed by atoms with Gasteiger partial charge in [0.25, 0.3) is 10.0 Å². The minimum Gasteiger partial charge on any atom is -0.481 e. The van der Waals surface area contributed by atoms with E-state index in [4.69, 9.17) is 16.7 Å². The van der Waals surface area contributed by atoms with E-state index in [1.54, 1.807) is 12.1 Å². The van der Waals surface area contributed by atoms with Gasteiger partial charge in [0.05, 0.1) is 15.6 Å². The lowest BCUT2D eigenvalue weighted by atomic mass is 9.83. The summed E-state index contributed by atoms with van der Waals surface area (Å²) in [5.41, 5.74) is 1.85. The van der Waals surface area contributed by atoms with Crippen LogP contribution in [0.5, 0.6) is 0 Å². The fraction of sp³-hybridized carbons (Fsp3) is 0.435. The number of nitrogens with zero attached hydrogens (tertiary/aromatic N) is 1. The van der Waals surface area contributed by atoms with E-state index in [0.717, 1.165) is 24.8 Å². The number of anilines is 1. The number of hydrogen-bond donors (Lipinski definition) is 1. The second kappa shape index (κ2) is 9.57. The van der Waals surface area contributed by atoms with Crippen LogP contribution in [0.3, 0.4) is 0 Å². The number of carboxylic acids is 1. The third-order valence-electron chi connectivity index (χ3n) is 6.00. The SMILES string of the molecule is C[C@@H](CCCCC(=O)O)CCC1c2ccccc2N(C)S(=O)(=O)c2cc(Cl)c(F)cc21. The lowest BCUT2D eigenvalue weighted by Crippen LogP contribution is -2.26. The van der Waals surface area contributed by atoms with E-state index in [9.17, 15) is 17.6 Å². The van der Waals surface area contributed by atoms with Crippen LogP contribution in [-0.2, 0) is 14.8 Å². The van der Waals surface area contributed by atoms with E-state index in [2.05, 4.69) is 6.92 Å². The van der Waals surface area contributed by atoms with Gasteiger partial charge >= 0.3 is 5.97 Å². The fourth-order valence-corrected chi connectivity index (χ4v) is 5.94. The molecule has 5 nitrogen and oxygen atoms in total. The number of benzene rings is 2. The highest BCUT2D eigenvalue weighted by molar-refractivity contribution is 7.92. The van der Waals surface area contributed by atoms with E-state index < -0.39 is 21.8 Å². The molecule has 0 saturated carbocycles. The maximum Gasteiger partial charge on any atom is 0.303 e. The maximum atomic E-state index is 14.4. The van der Waals surface area contributed by atoms with Gasteiger partial charge in [0.2, 0.25) is 0 Å². The molecule has 168 valence electrons. The molecule has 0 amide bonds. The zero-order valence-electron chi connectivity index (χ0n) is 17.6. The first kappa shape index (κ1) is 23.5. The number of carbonyl (C=O) groups is 1. The molecule has 0 spiro atoms. The first-order chi connectivity index (χ1) is 14.6. The van der Waals surface area contributed by atoms with Crippen LogP contribution >= 0.6 is 11.6 Å². The van der Waals surface area contributed by atoms with Crippen LogP contribution in [0.4, 0.5) is 10.1 Å². The molecule has 1 heterocycles. The largest absolute Gasteiger partial charge is 0.481 e. The summed E-state index contributed by atoms with van der Waals surface area (Å²) in [5.74, 6) is -1.38. The van der Waals surface area contributed by atoms with Crippen molar-refractivity contribution in [3.63, 3.8) is 0 Å². The summed E-state index contributed by atoms with van der Waals surface area (Å²) in [4.78, 5) is 10.7. The molecule has 1 unspecified atom stereocenters. The van der Waals surface area contributed by atoms with Crippen molar-refractivity contribution in [1.82, 2.24) is 0 Å². The molecule has 0 aliphatic carbocycles. The van der Waals surface area contributed by atoms with Gasteiger partial charge in [0.1, 0.15) is 5.82 Å². The molecule has 0 fully saturated rings. The Balaban J connectivity index is 1.93. The van der Waals surface area contributed by atoms with Crippen molar-refractivity contribution in [1.29, 1.82) is 0 Å². The van der Waals surface area contributed by atoms with Gasteiger partial charge in [-0.1, -0.05) is 49.6 Å². The molecule has 1 N–H and O–H groups in total. The van der Waals surface area contributed by atoms with Gasteiger partial charge in [0, 0.05) is 19.4 Å². The Hall–Kier alpha value is -2.12. The lowest BCUT2D eigenvalue weighted by molar-refractivity contribution is -0.137. The van der Waals surface area contributed by atoms with Crippen molar-refractivity contribution < 1.29 is 22.7 Å². The third kappa shape index (κ3) is 5.04. The molecular formula is C23H27ClFNO4S. The molecule has 2 aromatic rings. The summed E-state index contributed by atoms with van der Waals surface area (Å²) in [7, 11) is -2.38. The van der Waals surface area contributed by atoms with Crippen molar-refractivity contribution >= 4 is 33.3 Å².